The Morgan fingerprint density at radius 1 is 1.44 bits per heavy atom. The van der Waals surface area contributed by atoms with E-state index in [4.69, 9.17) is 10.5 Å². The zero-order chi connectivity index (χ0) is 13.0. The quantitative estimate of drug-likeness (QED) is 0.867. The molecule has 1 unspecified atom stereocenters. The van der Waals surface area contributed by atoms with Crippen LogP contribution in [0.4, 0.5) is 0 Å². The number of nitrogens with two attached hydrogens (primary N) is 1. The predicted octanol–water partition coefficient (Wildman–Crippen LogP) is 1.11. The minimum Gasteiger partial charge on any atom is -0.462 e. The van der Waals surface area contributed by atoms with E-state index in [1.807, 2.05) is 13.0 Å². The third-order valence-corrected chi connectivity index (χ3v) is 3.42. The fourth-order valence-corrected chi connectivity index (χ4v) is 2.30. The summed E-state index contributed by atoms with van der Waals surface area (Å²) in [6.07, 6.45) is 3.75. The summed E-state index contributed by atoms with van der Waals surface area (Å²) < 4.78 is 5.72. The first-order chi connectivity index (χ1) is 8.69. The van der Waals surface area contributed by atoms with Crippen molar-refractivity contribution in [2.24, 2.45) is 5.73 Å². The Labute approximate surface area is 108 Å². The van der Waals surface area contributed by atoms with Gasteiger partial charge < -0.3 is 15.4 Å². The number of hydrogen-bond donors (Lipinski definition) is 1. The Morgan fingerprint density at radius 3 is 3.00 bits per heavy atom. The molecule has 1 fully saturated rings. The molecule has 0 saturated carbocycles. The van der Waals surface area contributed by atoms with Gasteiger partial charge >= 0.3 is 6.01 Å². The van der Waals surface area contributed by atoms with E-state index in [9.17, 15) is 0 Å². The molecule has 1 saturated heterocycles. The highest BCUT2D eigenvalue weighted by Crippen LogP contribution is 2.16. The van der Waals surface area contributed by atoms with Gasteiger partial charge in [0.05, 0.1) is 5.69 Å². The van der Waals surface area contributed by atoms with Gasteiger partial charge in [0.2, 0.25) is 0 Å². The second-order valence-electron chi connectivity index (χ2n) is 4.93. The Kier molecular flexibility index (Phi) is 4.49. The molecule has 1 aliphatic heterocycles. The lowest BCUT2D eigenvalue weighted by atomic mass is 10.0. The number of likely N-dealkylation sites (N-methyl/N-ethyl adjacent to an activating group) is 1. The molecule has 2 N–H and O–H groups in total. The summed E-state index contributed by atoms with van der Waals surface area (Å²) in [7, 11) is 2.15. The Hall–Kier alpha value is -1.20. The lowest BCUT2D eigenvalue weighted by Crippen LogP contribution is -2.40. The summed E-state index contributed by atoms with van der Waals surface area (Å²) in [5.74, 6) is 0. The summed E-state index contributed by atoms with van der Waals surface area (Å²) in [5, 5.41) is 0. The van der Waals surface area contributed by atoms with Gasteiger partial charge in [-0.3, -0.25) is 0 Å². The minimum absolute atomic E-state index is 0.420. The normalized spacial score (nSPS) is 20.9. The average Bonchev–Trinajstić information content (AvgIpc) is 2.37. The number of piperidine rings is 1. The van der Waals surface area contributed by atoms with E-state index in [0.29, 0.717) is 25.2 Å². The summed E-state index contributed by atoms with van der Waals surface area (Å²) in [6.45, 7) is 4.16. The van der Waals surface area contributed by atoms with Gasteiger partial charge in [0.25, 0.3) is 0 Å². The number of aryl methyl sites for hydroxylation is 1. The fraction of sp³-hybridized carbons (Fsp3) is 0.692. The van der Waals surface area contributed by atoms with Crippen LogP contribution in [0.5, 0.6) is 6.01 Å². The van der Waals surface area contributed by atoms with E-state index >= 15 is 0 Å². The number of nitrogens with zero attached hydrogens (tertiary/aromatic N) is 3. The third kappa shape index (κ3) is 3.40. The molecule has 1 aromatic heterocycles. The second kappa shape index (κ2) is 6.11. The molecule has 1 atom stereocenters. The van der Waals surface area contributed by atoms with Gasteiger partial charge in [-0.05, 0) is 39.4 Å². The summed E-state index contributed by atoms with van der Waals surface area (Å²) in [5.41, 5.74) is 7.32. The average molecular weight is 250 g/mol. The van der Waals surface area contributed by atoms with E-state index in [1.54, 1.807) is 0 Å². The van der Waals surface area contributed by atoms with Crippen molar-refractivity contribution in [3.05, 3.63) is 17.5 Å². The number of likely N-dealkylation sites (tertiary alicyclic amines) is 1. The molecule has 100 valence electrons. The zero-order valence-corrected chi connectivity index (χ0v) is 11.2. The van der Waals surface area contributed by atoms with Gasteiger partial charge in [-0.15, -0.1) is 0 Å². The van der Waals surface area contributed by atoms with Crippen molar-refractivity contribution in [2.75, 3.05) is 20.2 Å². The summed E-state index contributed by atoms with van der Waals surface area (Å²) >= 11 is 0. The largest absolute Gasteiger partial charge is 0.462 e. The van der Waals surface area contributed by atoms with Crippen LogP contribution in [-0.4, -0.2) is 41.1 Å². The van der Waals surface area contributed by atoms with Crippen LogP contribution in [0.2, 0.25) is 0 Å². The van der Waals surface area contributed by atoms with Crippen LogP contribution in [-0.2, 0) is 6.54 Å². The van der Waals surface area contributed by atoms with Crippen LogP contribution in [0.3, 0.4) is 0 Å². The van der Waals surface area contributed by atoms with Crippen LogP contribution in [0.25, 0.3) is 0 Å². The van der Waals surface area contributed by atoms with Gasteiger partial charge in [-0.25, -0.2) is 4.98 Å². The van der Waals surface area contributed by atoms with Crippen LogP contribution < -0.4 is 10.5 Å². The molecule has 1 aliphatic rings. The SMILES string of the molecule is Cc1cc(CN)nc(OCC2CCCCN2C)n1. The van der Waals surface area contributed by atoms with Crippen LogP contribution in [0.15, 0.2) is 6.07 Å². The molecule has 0 aliphatic carbocycles. The second-order valence-corrected chi connectivity index (χ2v) is 4.93. The smallest absolute Gasteiger partial charge is 0.316 e. The zero-order valence-electron chi connectivity index (χ0n) is 11.2. The lowest BCUT2D eigenvalue weighted by molar-refractivity contribution is 0.119. The molecular formula is C13H22N4O. The highest BCUT2D eigenvalue weighted by molar-refractivity contribution is 5.12. The van der Waals surface area contributed by atoms with Crippen molar-refractivity contribution in [2.45, 2.75) is 38.8 Å². The van der Waals surface area contributed by atoms with Crippen molar-refractivity contribution in [1.82, 2.24) is 14.9 Å². The van der Waals surface area contributed by atoms with Crippen molar-refractivity contribution < 1.29 is 4.74 Å². The molecule has 2 rings (SSSR count). The maximum atomic E-state index is 5.72. The lowest BCUT2D eigenvalue weighted by Gasteiger charge is -2.31. The number of hydrogen-bond acceptors (Lipinski definition) is 5. The van der Waals surface area contributed by atoms with Gasteiger partial charge in [-0.1, -0.05) is 6.42 Å². The van der Waals surface area contributed by atoms with E-state index < -0.39 is 0 Å². The fourth-order valence-electron chi connectivity index (χ4n) is 2.30. The molecule has 5 heteroatoms. The van der Waals surface area contributed by atoms with Crippen LogP contribution in [0.1, 0.15) is 30.7 Å². The molecule has 1 aromatic rings. The molecule has 0 radical (unpaired) electrons. The summed E-state index contributed by atoms with van der Waals surface area (Å²) in [4.78, 5) is 10.9. The van der Waals surface area contributed by atoms with Gasteiger partial charge in [0, 0.05) is 18.3 Å². The van der Waals surface area contributed by atoms with E-state index in [1.165, 1.54) is 19.3 Å². The van der Waals surface area contributed by atoms with Crippen molar-refractivity contribution in [3.63, 3.8) is 0 Å². The molecular weight excluding hydrogens is 228 g/mol. The molecule has 0 spiro atoms. The topological polar surface area (TPSA) is 64.3 Å². The Bertz CT molecular complexity index is 397. The Morgan fingerprint density at radius 2 is 2.28 bits per heavy atom. The minimum atomic E-state index is 0.420. The van der Waals surface area contributed by atoms with Crippen molar-refractivity contribution in [3.8, 4) is 6.01 Å². The molecule has 2 heterocycles. The first-order valence-electron chi connectivity index (χ1n) is 6.56. The van der Waals surface area contributed by atoms with E-state index in [0.717, 1.165) is 17.9 Å². The molecule has 0 amide bonds. The first-order valence-corrected chi connectivity index (χ1v) is 6.56. The Balaban J connectivity index is 1.94. The molecule has 0 aromatic carbocycles. The summed E-state index contributed by atoms with van der Waals surface area (Å²) in [6, 6.07) is 2.82. The third-order valence-electron chi connectivity index (χ3n) is 3.42. The molecule has 0 bridgehead atoms. The van der Waals surface area contributed by atoms with Gasteiger partial charge in [0.1, 0.15) is 6.61 Å². The number of rotatable bonds is 4. The first kappa shape index (κ1) is 13.2. The van der Waals surface area contributed by atoms with Gasteiger partial charge in [0.15, 0.2) is 0 Å². The monoisotopic (exact) mass is 250 g/mol. The van der Waals surface area contributed by atoms with Crippen molar-refractivity contribution in [1.29, 1.82) is 0 Å². The van der Waals surface area contributed by atoms with E-state index in [-0.39, 0.29) is 0 Å². The van der Waals surface area contributed by atoms with Gasteiger partial charge in [-0.2, -0.15) is 4.98 Å². The number of ether oxygens (including phenoxy) is 1. The predicted molar refractivity (Wildman–Crippen MR) is 70.4 cm³/mol. The van der Waals surface area contributed by atoms with Crippen LogP contribution in [0, 0.1) is 6.92 Å². The highest BCUT2D eigenvalue weighted by atomic mass is 16.5. The standard InChI is InChI=1S/C13H22N4O/c1-10-7-11(8-14)16-13(15-10)18-9-12-5-3-4-6-17(12)2/h7,12H,3-6,8-9,14H2,1-2H3. The molecule has 5 nitrogen and oxygen atoms in total. The van der Waals surface area contributed by atoms with E-state index in [2.05, 4.69) is 21.9 Å². The maximum Gasteiger partial charge on any atom is 0.316 e. The highest BCUT2D eigenvalue weighted by Gasteiger charge is 2.19. The number of aromatic nitrogens is 2. The van der Waals surface area contributed by atoms with Crippen molar-refractivity contribution >= 4 is 0 Å². The molecule has 18 heavy (non-hydrogen) atoms. The van der Waals surface area contributed by atoms with Crippen LogP contribution >= 0.6 is 0 Å². The maximum absolute atomic E-state index is 5.72.